The van der Waals surface area contributed by atoms with Crippen LogP contribution in [0.4, 0.5) is 9.18 Å². The molecule has 0 spiro atoms. The summed E-state index contributed by atoms with van der Waals surface area (Å²) in [7, 11) is 0. The summed E-state index contributed by atoms with van der Waals surface area (Å²) in [5, 5.41) is 11.5. The van der Waals surface area contributed by atoms with E-state index in [-0.39, 0.29) is 12.2 Å². The molecule has 1 atom stereocenters. The zero-order valence-electron chi connectivity index (χ0n) is 13.2. The minimum atomic E-state index is -1.05. The van der Waals surface area contributed by atoms with Crippen molar-refractivity contribution in [3.05, 3.63) is 70.8 Å². The monoisotopic (exact) mass is 331 g/mol. The van der Waals surface area contributed by atoms with Gasteiger partial charge in [-0.1, -0.05) is 42.5 Å². The van der Waals surface area contributed by atoms with Gasteiger partial charge in [0.2, 0.25) is 0 Å². The van der Waals surface area contributed by atoms with Crippen LogP contribution < -0.4 is 5.32 Å². The second-order valence-electron chi connectivity index (χ2n) is 5.29. The van der Waals surface area contributed by atoms with Crippen molar-refractivity contribution in [3.8, 4) is 0 Å². The van der Waals surface area contributed by atoms with Gasteiger partial charge >= 0.3 is 12.1 Å². The highest BCUT2D eigenvalue weighted by molar-refractivity contribution is 5.89. The number of alkyl carbamates (subject to hydrolysis) is 1. The van der Waals surface area contributed by atoms with Crippen LogP contribution in [0.3, 0.4) is 0 Å². The third kappa shape index (κ3) is 4.55. The Morgan fingerprint density at radius 3 is 2.50 bits per heavy atom. The van der Waals surface area contributed by atoms with Crippen molar-refractivity contribution in [1.82, 2.24) is 5.32 Å². The molecular formula is C18H18FNO4. The van der Waals surface area contributed by atoms with Gasteiger partial charge in [-0.25, -0.2) is 14.0 Å². The second-order valence-corrected chi connectivity index (χ2v) is 5.29. The molecule has 2 aromatic carbocycles. The predicted molar refractivity (Wildman–Crippen MR) is 86.6 cm³/mol. The molecule has 2 N–H and O–H groups in total. The molecule has 1 unspecified atom stereocenters. The molecule has 6 heteroatoms. The number of halogens is 1. The van der Waals surface area contributed by atoms with Crippen LogP contribution in [-0.4, -0.2) is 23.8 Å². The van der Waals surface area contributed by atoms with Crippen molar-refractivity contribution >= 4 is 12.1 Å². The molecule has 0 aliphatic heterocycles. The maximum atomic E-state index is 13.3. The van der Waals surface area contributed by atoms with E-state index in [4.69, 9.17) is 9.84 Å². The van der Waals surface area contributed by atoms with E-state index in [9.17, 15) is 14.0 Å². The highest BCUT2D eigenvalue weighted by Gasteiger charge is 2.17. The van der Waals surface area contributed by atoms with E-state index in [2.05, 4.69) is 5.32 Å². The normalized spacial score (nSPS) is 11.6. The van der Waals surface area contributed by atoms with Gasteiger partial charge in [-0.15, -0.1) is 0 Å². The molecule has 0 heterocycles. The van der Waals surface area contributed by atoms with Gasteiger partial charge in [-0.2, -0.15) is 0 Å². The summed E-state index contributed by atoms with van der Waals surface area (Å²) < 4.78 is 18.3. The maximum Gasteiger partial charge on any atom is 0.408 e. The van der Waals surface area contributed by atoms with Crippen molar-refractivity contribution in [2.45, 2.75) is 19.6 Å². The Morgan fingerprint density at radius 2 is 1.92 bits per heavy atom. The standard InChI is InChI=1S/C18H18FNO4/c1-12-9-14(7-8-15(12)17(21)22)16(10-19)20-18(23)24-11-13-5-3-2-4-6-13/h2-9,16H,10-11H2,1H3,(H,20,23)(H,21,22). The number of ether oxygens (including phenoxy) is 1. The number of carboxylic acids is 1. The number of carbonyl (C=O) groups is 2. The summed E-state index contributed by atoms with van der Waals surface area (Å²) >= 11 is 0. The first kappa shape index (κ1) is 17.5. The lowest BCUT2D eigenvalue weighted by Gasteiger charge is -2.17. The van der Waals surface area contributed by atoms with Crippen LogP contribution in [-0.2, 0) is 11.3 Å². The third-order valence-electron chi connectivity index (χ3n) is 3.54. The van der Waals surface area contributed by atoms with Gasteiger partial charge in [0.05, 0.1) is 11.6 Å². The fourth-order valence-corrected chi connectivity index (χ4v) is 2.26. The zero-order chi connectivity index (χ0) is 17.5. The van der Waals surface area contributed by atoms with Crippen LogP contribution in [0.5, 0.6) is 0 Å². The SMILES string of the molecule is Cc1cc(C(CF)NC(=O)OCc2ccccc2)ccc1C(=O)O. The molecule has 0 bridgehead atoms. The van der Waals surface area contributed by atoms with E-state index in [0.717, 1.165) is 5.56 Å². The first-order chi connectivity index (χ1) is 11.5. The Morgan fingerprint density at radius 1 is 1.21 bits per heavy atom. The number of alkyl halides is 1. The highest BCUT2D eigenvalue weighted by Crippen LogP contribution is 2.18. The van der Waals surface area contributed by atoms with Crippen LogP contribution in [0.15, 0.2) is 48.5 Å². The number of amides is 1. The molecule has 0 aliphatic carbocycles. The summed E-state index contributed by atoms with van der Waals surface area (Å²) in [4.78, 5) is 22.8. The smallest absolute Gasteiger partial charge is 0.408 e. The number of hydrogen-bond acceptors (Lipinski definition) is 3. The number of aromatic carboxylic acids is 1. The summed E-state index contributed by atoms with van der Waals surface area (Å²) in [6.45, 7) is 0.880. The summed E-state index contributed by atoms with van der Waals surface area (Å²) in [6.07, 6.45) is -0.735. The van der Waals surface area contributed by atoms with Gasteiger partial charge in [0.1, 0.15) is 13.3 Å². The average Bonchev–Trinajstić information content (AvgIpc) is 2.58. The first-order valence-corrected chi connectivity index (χ1v) is 7.38. The highest BCUT2D eigenvalue weighted by atomic mass is 19.1. The first-order valence-electron chi connectivity index (χ1n) is 7.38. The summed E-state index contributed by atoms with van der Waals surface area (Å²) in [6, 6.07) is 12.7. The second kappa shape index (κ2) is 8.10. The molecule has 2 aromatic rings. The van der Waals surface area contributed by atoms with Gasteiger partial charge in [-0.05, 0) is 29.7 Å². The molecule has 0 fully saturated rings. The topological polar surface area (TPSA) is 75.6 Å². The molecule has 126 valence electrons. The summed E-state index contributed by atoms with van der Waals surface area (Å²) in [5.41, 5.74) is 1.95. The fraction of sp³-hybridized carbons (Fsp3) is 0.222. The van der Waals surface area contributed by atoms with Gasteiger partial charge < -0.3 is 15.2 Å². The molecule has 0 saturated heterocycles. The summed E-state index contributed by atoms with van der Waals surface area (Å²) in [5.74, 6) is -1.05. The number of aryl methyl sites for hydroxylation is 1. The van der Waals surface area contributed by atoms with Gasteiger partial charge in [0.15, 0.2) is 0 Å². The molecule has 0 aliphatic rings. The molecule has 0 radical (unpaired) electrons. The molecule has 5 nitrogen and oxygen atoms in total. The van der Waals surface area contributed by atoms with E-state index in [1.54, 1.807) is 13.0 Å². The number of nitrogens with one attached hydrogen (secondary N) is 1. The molecule has 24 heavy (non-hydrogen) atoms. The van der Waals surface area contributed by atoms with Gasteiger partial charge in [-0.3, -0.25) is 0 Å². The van der Waals surface area contributed by atoms with Crippen molar-refractivity contribution in [3.63, 3.8) is 0 Å². The minimum Gasteiger partial charge on any atom is -0.478 e. The number of rotatable bonds is 6. The molecular weight excluding hydrogens is 313 g/mol. The van der Waals surface area contributed by atoms with Gasteiger partial charge in [0, 0.05) is 0 Å². The third-order valence-corrected chi connectivity index (χ3v) is 3.54. The lowest BCUT2D eigenvalue weighted by molar-refractivity contribution is 0.0696. The lowest BCUT2D eigenvalue weighted by Crippen LogP contribution is -2.30. The van der Waals surface area contributed by atoms with Crippen molar-refractivity contribution < 1.29 is 23.8 Å². The molecule has 2 rings (SSSR count). The van der Waals surface area contributed by atoms with E-state index in [1.807, 2.05) is 30.3 Å². The van der Waals surface area contributed by atoms with Crippen LogP contribution in [0.25, 0.3) is 0 Å². The Labute approximate surface area is 139 Å². The fourth-order valence-electron chi connectivity index (χ4n) is 2.26. The van der Waals surface area contributed by atoms with Crippen LogP contribution in [0.2, 0.25) is 0 Å². The number of carbonyl (C=O) groups excluding carboxylic acids is 1. The Bertz CT molecular complexity index is 718. The number of carboxylic acid groups (broad SMARTS) is 1. The quantitative estimate of drug-likeness (QED) is 0.847. The van der Waals surface area contributed by atoms with Crippen LogP contribution >= 0.6 is 0 Å². The van der Waals surface area contributed by atoms with E-state index >= 15 is 0 Å². The average molecular weight is 331 g/mol. The number of hydrogen-bond donors (Lipinski definition) is 2. The predicted octanol–water partition coefficient (Wildman–Crippen LogP) is 3.63. The van der Waals surface area contributed by atoms with E-state index < -0.39 is 24.8 Å². The van der Waals surface area contributed by atoms with E-state index in [1.165, 1.54) is 12.1 Å². The Balaban J connectivity index is 1.99. The molecule has 0 aromatic heterocycles. The Hall–Kier alpha value is -2.89. The Kier molecular flexibility index (Phi) is 5.89. The minimum absolute atomic E-state index is 0.0860. The van der Waals surface area contributed by atoms with Crippen LogP contribution in [0, 0.1) is 6.92 Å². The van der Waals surface area contributed by atoms with Crippen molar-refractivity contribution in [1.29, 1.82) is 0 Å². The lowest BCUT2D eigenvalue weighted by atomic mass is 10.0. The molecule has 0 saturated carbocycles. The van der Waals surface area contributed by atoms with E-state index in [0.29, 0.717) is 11.1 Å². The maximum absolute atomic E-state index is 13.3. The van der Waals surface area contributed by atoms with Crippen molar-refractivity contribution in [2.75, 3.05) is 6.67 Å². The van der Waals surface area contributed by atoms with Crippen LogP contribution in [0.1, 0.15) is 33.1 Å². The van der Waals surface area contributed by atoms with Gasteiger partial charge in [0.25, 0.3) is 0 Å². The zero-order valence-corrected chi connectivity index (χ0v) is 13.2. The number of benzene rings is 2. The molecule has 1 amide bonds. The van der Waals surface area contributed by atoms with Crippen molar-refractivity contribution in [2.24, 2.45) is 0 Å². The largest absolute Gasteiger partial charge is 0.478 e.